The van der Waals surface area contributed by atoms with Gasteiger partial charge in [-0.05, 0) is 48.5 Å². The summed E-state index contributed by atoms with van der Waals surface area (Å²) >= 11 is 0.782. The molecule has 1 aliphatic rings. The van der Waals surface area contributed by atoms with Gasteiger partial charge >= 0.3 is 0 Å². The maximum atomic E-state index is 12.7. The monoisotopic (exact) mass is 412 g/mol. The molecule has 1 heterocycles. The van der Waals surface area contributed by atoms with Gasteiger partial charge in [0.15, 0.2) is 11.5 Å². The van der Waals surface area contributed by atoms with Crippen molar-refractivity contribution in [2.75, 3.05) is 26.1 Å². The molecule has 8 heteroatoms. The summed E-state index contributed by atoms with van der Waals surface area (Å²) in [7, 11) is 3.01. The van der Waals surface area contributed by atoms with Crippen LogP contribution in [0.5, 0.6) is 11.5 Å². The van der Waals surface area contributed by atoms with Gasteiger partial charge in [0.1, 0.15) is 6.54 Å². The van der Waals surface area contributed by atoms with E-state index in [2.05, 4.69) is 5.32 Å². The lowest BCUT2D eigenvalue weighted by atomic mass is 10.1. The van der Waals surface area contributed by atoms with Crippen LogP contribution in [0.4, 0.5) is 10.5 Å². The minimum Gasteiger partial charge on any atom is -0.493 e. The van der Waals surface area contributed by atoms with E-state index in [1.165, 1.54) is 14.2 Å². The summed E-state index contributed by atoms with van der Waals surface area (Å²) in [4.78, 5) is 38.4. The molecule has 1 aliphatic heterocycles. The van der Waals surface area contributed by atoms with Crippen LogP contribution in [0.15, 0.2) is 47.4 Å². The summed E-state index contributed by atoms with van der Waals surface area (Å²) in [5.74, 6) is -0.000577. The van der Waals surface area contributed by atoms with E-state index in [1.54, 1.807) is 36.4 Å². The molecule has 29 heavy (non-hydrogen) atoms. The van der Waals surface area contributed by atoms with Crippen molar-refractivity contribution in [3.63, 3.8) is 0 Å². The van der Waals surface area contributed by atoms with E-state index >= 15 is 0 Å². The standard InChI is InChI=1S/C21H20N2O5S/c1-13-6-4-8-15(10-13)22-18(24)12-23-20(25)17(29-21(23)26)11-14-7-5-9-16(27-2)19(14)28-3/h4-11H,12H2,1-3H3,(H,22,24)/b17-11-. The van der Waals surface area contributed by atoms with Crippen molar-refractivity contribution in [2.45, 2.75) is 6.92 Å². The number of imide groups is 1. The lowest BCUT2D eigenvalue weighted by molar-refractivity contribution is -0.127. The van der Waals surface area contributed by atoms with Crippen molar-refractivity contribution in [3.8, 4) is 11.5 Å². The zero-order chi connectivity index (χ0) is 21.0. The zero-order valence-corrected chi connectivity index (χ0v) is 17.0. The molecule has 1 fully saturated rings. The van der Waals surface area contributed by atoms with E-state index in [4.69, 9.17) is 9.47 Å². The van der Waals surface area contributed by atoms with Crippen LogP contribution in [0.25, 0.3) is 6.08 Å². The molecule has 1 N–H and O–H groups in total. The number of aryl methyl sites for hydroxylation is 1. The summed E-state index contributed by atoms with van der Waals surface area (Å²) in [6.45, 7) is 1.55. The second kappa shape index (κ2) is 8.83. The first-order valence-electron chi connectivity index (χ1n) is 8.76. The highest BCUT2D eigenvalue weighted by molar-refractivity contribution is 8.18. The van der Waals surface area contributed by atoms with Crippen LogP contribution < -0.4 is 14.8 Å². The van der Waals surface area contributed by atoms with E-state index in [9.17, 15) is 14.4 Å². The molecule has 0 bridgehead atoms. The average molecular weight is 412 g/mol. The summed E-state index contributed by atoms with van der Waals surface area (Å²) in [6.07, 6.45) is 1.56. The van der Waals surface area contributed by atoms with Crippen molar-refractivity contribution in [1.82, 2.24) is 4.90 Å². The van der Waals surface area contributed by atoms with E-state index in [-0.39, 0.29) is 11.4 Å². The molecule has 7 nitrogen and oxygen atoms in total. The molecule has 3 amide bonds. The molecule has 0 aliphatic carbocycles. The molecule has 0 radical (unpaired) electrons. The van der Waals surface area contributed by atoms with Gasteiger partial charge in [-0.15, -0.1) is 0 Å². The number of amides is 3. The summed E-state index contributed by atoms with van der Waals surface area (Å²) in [6, 6.07) is 12.5. The molecule has 2 aromatic carbocycles. The number of thioether (sulfide) groups is 1. The number of nitrogens with one attached hydrogen (secondary N) is 1. The fourth-order valence-electron chi connectivity index (χ4n) is 2.87. The normalized spacial score (nSPS) is 15.0. The second-order valence-corrected chi connectivity index (χ2v) is 7.26. The van der Waals surface area contributed by atoms with E-state index in [0.29, 0.717) is 22.7 Å². The zero-order valence-electron chi connectivity index (χ0n) is 16.2. The fraction of sp³-hybridized carbons (Fsp3) is 0.190. The van der Waals surface area contributed by atoms with Gasteiger partial charge in [0.05, 0.1) is 19.1 Å². The maximum absolute atomic E-state index is 12.7. The Morgan fingerprint density at radius 3 is 2.59 bits per heavy atom. The molecular formula is C21H20N2O5S. The number of anilines is 1. The molecule has 1 saturated heterocycles. The number of nitrogens with zero attached hydrogens (tertiary/aromatic N) is 1. The molecule has 2 aromatic rings. The first-order chi connectivity index (χ1) is 13.9. The average Bonchev–Trinajstić information content (AvgIpc) is 2.95. The van der Waals surface area contributed by atoms with Crippen LogP contribution in [0, 0.1) is 6.92 Å². The SMILES string of the molecule is COc1cccc(/C=C2\SC(=O)N(CC(=O)Nc3cccc(C)c3)C2=O)c1OC. The summed E-state index contributed by atoms with van der Waals surface area (Å²) in [5, 5.41) is 2.20. The van der Waals surface area contributed by atoms with E-state index in [0.717, 1.165) is 22.2 Å². The van der Waals surface area contributed by atoms with Crippen LogP contribution in [-0.2, 0) is 9.59 Å². The van der Waals surface area contributed by atoms with Crippen molar-refractivity contribution in [3.05, 3.63) is 58.5 Å². The van der Waals surface area contributed by atoms with E-state index < -0.39 is 17.1 Å². The number of carbonyl (C=O) groups excluding carboxylic acids is 3. The van der Waals surface area contributed by atoms with E-state index in [1.807, 2.05) is 19.1 Å². The van der Waals surface area contributed by atoms with Crippen LogP contribution in [-0.4, -0.2) is 42.7 Å². The number of benzene rings is 2. The van der Waals surface area contributed by atoms with Gasteiger partial charge in [0, 0.05) is 11.3 Å². The molecule has 0 aromatic heterocycles. The minimum absolute atomic E-state index is 0.213. The number of carbonyl (C=O) groups is 3. The Morgan fingerprint density at radius 1 is 1.14 bits per heavy atom. The van der Waals surface area contributed by atoms with Gasteiger partial charge < -0.3 is 14.8 Å². The van der Waals surface area contributed by atoms with Crippen molar-refractivity contribution >= 4 is 40.6 Å². The highest BCUT2D eigenvalue weighted by Crippen LogP contribution is 2.37. The largest absolute Gasteiger partial charge is 0.493 e. The Labute approximate surface area is 172 Å². The van der Waals surface area contributed by atoms with Crippen molar-refractivity contribution in [2.24, 2.45) is 0 Å². The number of methoxy groups -OCH3 is 2. The molecule has 0 spiro atoms. The molecule has 0 saturated carbocycles. The van der Waals surface area contributed by atoms with Gasteiger partial charge in [-0.1, -0.05) is 24.3 Å². The predicted molar refractivity (Wildman–Crippen MR) is 112 cm³/mol. The second-order valence-electron chi connectivity index (χ2n) is 6.27. The maximum Gasteiger partial charge on any atom is 0.294 e. The molecule has 0 atom stereocenters. The van der Waals surface area contributed by atoms with Gasteiger partial charge in [-0.3, -0.25) is 19.3 Å². The third kappa shape index (κ3) is 4.60. The highest BCUT2D eigenvalue weighted by atomic mass is 32.2. The molecule has 3 rings (SSSR count). The quantitative estimate of drug-likeness (QED) is 0.729. The van der Waals surface area contributed by atoms with Gasteiger partial charge in [0.25, 0.3) is 11.1 Å². The van der Waals surface area contributed by atoms with Gasteiger partial charge in [-0.2, -0.15) is 0 Å². The Hall–Kier alpha value is -3.26. The van der Waals surface area contributed by atoms with Crippen LogP contribution in [0.2, 0.25) is 0 Å². The summed E-state index contributed by atoms with van der Waals surface area (Å²) in [5.41, 5.74) is 2.20. The minimum atomic E-state index is -0.524. The van der Waals surface area contributed by atoms with Gasteiger partial charge in [-0.25, -0.2) is 0 Å². The van der Waals surface area contributed by atoms with Crippen LogP contribution >= 0.6 is 11.8 Å². The van der Waals surface area contributed by atoms with Crippen molar-refractivity contribution < 1.29 is 23.9 Å². The number of rotatable bonds is 6. The lowest BCUT2D eigenvalue weighted by Crippen LogP contribution is -2.36. The third-order valence-electron chi connectivity index (χ3n) is 4.20. The Kier molecular flexibility index (Phi) is 6.23. The summed E-state index contributed by atoms with van der Waals surface area (Å²) < 4.78 is 10.6. The van der Waals surface area contributed by atoms with Gasteiger partial charge in [0.2, 0.25) is 5.91 Å². The number of para-hydroxylation sites is 1. The Bertz CT molecular complexity index is 1000. The first kappa shape index (κ1) is 20.5. The molecular weight excluding hydrogens is 392 g/mol. The molecule has 0 unspecified atom stereocenters. The Balaban J connectivity index is 1.76. The predicted octanol–water partition coefficient (Wildman–Crippen LogP) is 3.69. The number of ether oxygens (including phenoxy) is 2. The first-order valence-corrected chi connectivity index (χ1v) is 9.57. The Morgan fingerprint density at radius 2 is 1.90 bits per heavy atom. The van der Waals surface area contributed by atoms with Crippen LogP contribution in [0.3, 0.4) is 0 Å². The third-order valence-corrected chi connectivity index (χ3v) is 5.10. The van der Waals surface area contributed by atoms with Crippen LogP contribution in [0.1, 0.15) is 11.1 Å². The highest BCUT2D eigenvalue weighted by Gasteiger charge is 2.36. The number of hydrogen-bond acceptors (Lipinski definition) is 6. The number of hydrogen-bond donors (Lipinski definition) is 1. The lowest BCUT2D eigenvalue weighted by Gasteiger charge is -2.13. The fourth-order valence-corrected chi connectivity index (χ4v) is 3.70. The topological polar surface area (TPSA) is 84.9 Å². The van der Waals surface area contributed by atoms with Crippen molar-refractivity contribution in [1.29, 1.82) is 0 Å². The smallest absolute Gasteiger partial charge is 0.294 e. The molecule has 150 valence electrons.